The summed E-state index contributed by atoms with van der Waals surface area (Å²) in [7, 11) is 0. The molecule has 0 unspecified atom stereocenters. The maximum Gasteiger partial charge on any atom is 0.277 e. The Bertz CT molecular complexity index is 709. The number of amides is 2. The van der Waals surface area contributed by atoms with Crippen molar-refractivity contribution < 1.29 is 18.7 Å². The van der Waals surface area contributed by atoms with Gasteiger partial charge in [0.25, 0.3) is 11.8 Å². The van der Waals surface area contributed by atoms with E-state index in [1.165, 1.54) is 17.0 Å². The standard InChI is InChI=1S/C21H27FN2O3/c1-2-3-14-27-15-6-13-24-20(25)18(16-7-9-17(22)10-8-16)19(21(24)26)23-11-4-5-12-23/h7-10H,2-6,11-15H2,1H3. The van der Waals surface area contributed by atoms with Gasteiger partial charge in [0.15, 0.2) is 0 Å². The van der Waals surface area contributed by atoms with Crippen molar-refractivity contribution in [2.75, 3.05) is 32.8 Å². The van der Waals surface area contributed by atoms with Gasteiger partial charge in [0.1, 0.15) is 11.5 Å². The van der Waals surface area contributed by atoms with E-state index in [0.29, 0.717) is 43.0 Å². The van der Waals surface area contributed by atoms with Gasteiger partial charge in [-0.2, -0.15) is 0 Å². The number of carbonyl (C=O) groups is 2. The maximum absolute atomic E-state index is 13.3. The zero-order valence-electron chi connectivity index (χ0n) is 15.9. The molecule has 0 radical (unpaired) electrons. The number of nitrogens with zero attached hydrogens (tertiary/aromatic N) is 2. The molecule has 5 nitrogen and oxygen atoms in total. The van der Waals surface area contributed by atoms with Gasteiger partial charge in [-0.3, -0.25) is 14.5 Å². The normalized spacial score (nSPS) is 17.6. The molecule has 1 fully saturated rings. The Balaban J connectivity index is 1.76. The molecule has 2 heterocycles. The van der Waals surface area contributed by atoms with Gasteiger partial charge in [-0.05, 0) is 43.4 Å². The number of carbonyl (C=O) groups excluding carboxylic acids is 2. The Hall–Kier alpha value is -2.21. The molecule has 0 aromatic heterocycles. The third-order valence-electron chi connectivity index (χ3n) is 5.01. The summed E-state index contributed by atoms with van der Waals surface area (Å²) in [6.45, 7) is 5.22. The lowest BCUT2D eigenvalue weighted by Crippen LogP contribution is -2.35. The summed E-state index contributed by atoms with van der Waals surface area (Å²) in [5.74, 6) is -0.892. The minimum Gasteiger partial charge on any atom is -0.381 e. The summed E-state index contributed by atoms with van der Waals surface area (Å²) in [5.41, 5.74) is 1.46. The first-order valence-electron chi connectivity index (χ1n) is 9.82. The van der Waals surface area contributed by atoms with E-state index in [2.05, 4.69) is 6.92 Å². The average Bonchev–Trinajstić information content (AvgIpc) is 3.27. The topological polar surface area (TPSA) is 49.9 Å². The third kappa shape index (κ3) is 4.38. The number of hydrogen-bond donors (Lipinski definition) is 0. The molecule has 2 aliphatic rings. The lowest BCUT2D eigenvalue weighted by molar-refractivity contribution is -0.137. The van der Waals surface area contributed by atoms with Crippen molar-refractivity contribution in [2.45, 2.75) is 39.0 Å². The summed E-state index contributed by atoms with van der Waals surface area (Å²) >= 11 is 0. The predicted molar refractivity (Wildman–Crippen MR) is 101 cm³/mol. The zero-order chi connectivity index (χ0) is 19.2. The van der Waals surface area contributed by atoms with Gasteiger partial charge in [-0.15, -0.1) is 0 Å². The van der Waals surface area contributed by atoms with Gasteiger partial charge in [-0.1, -0.05) is 25.5 Å². The molecule has 1 aromatic carbocycles. The van der Waals surface area contributed by atoms with E-state index in [9.17, 15) is 14.0 Å². The molecular weight excluding hydrogens is 347 g/mol. The molecule has 0 N–H and O–H groups in total. The SMILES string of the molecule is CCCCOCCCN1C(=O)C(c2ccc(F)cc2)=C(N2CCCC2)C1=O. The second-order valence-electron chi connectivity index (χ2n) is 7.01. The van der Waals surface area contributed by atoms with Crippen LogP contribution in [0.1, 0.15) is 44.6 Å². The van der Waals surface area contributed by atoms with Crippen molar-refractivity contribution in [1.82, 2.24) is 9.80 Å². The Kier molecular flexibility index (Phi) is 6.61. The first-order chi connectivity index (χ1) is 13.1. The average molecular weight is 374 g/mol. The number of rotatable bonds is 9. The number of halogens is 1. The van der Waals surface area contributed by atoms with Crippen LogP contribution < -0.4 is 0 Å². The fourth-order valence-electron chi connectivity index (χ4n) is 3.55. The fraction of sp³-hybridized carbons (Fsp3) is 0.524. The highest BCUT2D eigenvalue weighted by Crippen LogP contribution is 2.33. The summed E-state index contributed by atoms with van der Waals surface area (Å²) in [4.78, 5) is 29.3. The minimum atomic E-state index is -0.361. The van der Waals surface area contributed by atoms with Crippen LogP contribution in [-0.4, -0.2) is 54.5 Å². The Labute approximate surface area is 159 Å². The highest BCUT2D eigenvalue weighted by atomic mass is 19.1. The van der Waals surface area contributed by atoms with Crippen LogP contribution in [0.4, 0.5) is 4.39 Å². The summed E-state index contributed by atoms with van der Waals surface area (Å²) < 4.78 is 18.9. The molecule has 0 saturated carbocycles. The minimum absolute atomic E-state index is 0.241. The van der Waals surface area contributed by atoms with Crippen molar-refractivity contribution >= 4 is 17.4 Å². The smallest absolute Gasteiger partial charge is 0.277 e. The van der Waals surface area contributed by atoms with Crippen LogP contribution in [0.2, 0.25) is 0 Å². The van der Waals surface area contributed by atoms with Crippen LogP contribution in [0, 0.1) is 5.82 Å². The van der Waals surface area contributed by atoms with Crippen molar-refractivity contribution in [2.24, 2.45) is 0 Å². The maximum atomic E-state index is 13.3. The van der Waals surface area contributed by atoms with Crippen LogP contribution in [0.15, 0.2) is 30.0 Å². The van der Waals surface area contributed by atoms with Gasteiger partial charge < -0.3 is 9.64 Å². The molecule has 146 valence electrons. The summed E-state index contributed by atoms with van der Waals surface area (Å²) in [6, 6.07) is 5.80. The van der Waals surface area contributed by atoms with Crippen molar-refractivity contribution in [1.29, 1.82) is 0 Å². The monoisotopic (exact) mass is 374 g/mol. The second kappa shape index (κ2) is 9.13. The molecule has 0 spiro atoms. The van der Waals surface area contributed by atoms with Crippen LogP contribution in [0.5, 0.6) is 0 Å². The summed E-state index contributed by atoms with van der Waals surface area (Å²) in [5, 5.41) is 0. The van der Waals surface area contributed by atoms with Gasteiger partial charge >= 0.3 is 0 Å². The van der Waals surface area contributed by atoms with Gasteiger partial charge in [-0.25, -0.2) is 4.39 Å². The number of imide groups is 1. The molecule has 1 saturated heterocycles. The Morgan fingerprint density at radius 3 is 2.33 bits per heavy atom. The van der Waals surface area contributed by atoms with E-state index in [4.69, 9.17) is 4.74 Å². The molecule has 0 bridgehead atoms. The Morgan fingerprint density at radius 1 is 1.00 bits per heavy atom. The van der Waals surface area contributed by atoms with Gasteiger partial charge in [0, 0.05) is 32.8 Å². The molecule has 3 rings (SSSR count). The molecular formula is C21H27FN2O3. The van der Waals surface area contributed by atoms with Crippen LogP contribution in [0.3, 0.4) is 0 Å². The van der Waals surface area contributed by atoms with E-state index < -0.39 is 0 Å². The lowest BCUT2D eigenvalue weighted by atomic mass is 10.0. The highest BCUT2D eigenvalue weighted by molar-refractivity contribution is 6.35. The van der Waals surface area contributed by atoms with Crippen LogP contribution in [-0.2, 0) is 14.3 Å². The van der Waals surface area contributed by atoms with Crippen LogP contribution >= 0.6 is 0 Å². The fourth-order valence-corrected chi connectivity index (χ4v) is 3.55. The Morgan fingerprint density at radius 2 is 1.67 bits per heavy atom. The first kappa shape index (κ1) is 19.5. The largest absolute Gasteiger partial charge is 0.381 e. The van der Waals surface area contributed by atoms with Gasteiger partial charge in [0.05, 0.1) is 5.57 Å². The van der Waals surface area contributed by atoms with E-state index in [-0.39, 0.29) is 17.6 Å². The lowest BCUT2D eigenvalue weighted by Gasteiger charge is -2.20. The number of benzene rings is 1. The van der Waals surface area contributed by atoms with Crippen molar-refractivity contribution in [3.05, 3.63) is 41.3 Å². The first-order valence-corrected chi connectivity index (χ1v) is 9.82. The number of ether oxygens (including phenoxy) is 1. The zero-order valence-corrected chi connectivity index (χ0v) is 15.9. The van der Waals surface area contributed by atoms with Crippen LogP contribution in [0.25, 0.3) is 5.57 Å². The van der Waals surface area contributed by atoms with Crippen molar-refractivity contribution in [3.8, 4) is 0 Å². The van der Waals surface area contributed by atoms with E-state index in [1.807, 2.05) is 4.90 Å². The summed E-state index contributed by atoms with van der Waals surface area (Å²) in [6.07, 6.45) is 4.72. The molecule has 0 atom stereocenters. The molecule has 2 aliphatic heterocycles. The molecule has 27 heavy (non-hydrogen) atoms. The van der Waals surface area contributed by atoms with E-state index in [0.717, 1.165) is 38.8 Å². The van der Waals surface area contributed by atoms with E-state index in [1.54, 1.807) is 12.1 Å². The predicted octanol–water partition coefficient (Wildman–Crippen LogP) is 3.21. The number of hydrogen-bond acceptors (Lipinski definition) is 4. The highest BCUT2D eigenvalue weighted by Gasteiger charge is 2.41. The number of unbranched alkanes of at least 4 members (excludes halogenated alkanes) is 1. The third-order valence-corrected chi connectivity index (χ3v) is 5.01. The second-order valence-corrected chi connectivity index (χ2v) is 7.01. The number of likely N-dealkylation sites (tertiary alicyclic amines) is 1. The quantitative estimate of drug-likeness (QED) is 0.492. The molecule has 0 aliphatic carbocycles. The van der Waals surface area contributed by atoms with E-state index >= 15 is 0 Å². The molecule has 6 heteroatoms. The molecule has 1 aromatic rings. The molecule has 2 amide bonds. The van der Waals surface area contributed by atoms with Crippen molar-refractivity contribution in [3.63, 3.8) is 0 Å². The van der Waals surface area contributed by atoms with Gasteiger partial charge in [0.2, 0.25) is 0 Å².